The summed E-state index contributed by atoms with van der Waals surface area (Å²) < 4.78 is 1.48. The van der Waals surface area contributed by atoms with Gasteiger partial charge in [-0.05, 0) is 49.9 Å². The normalized spacial score (nSPS) is 15.6. The van der Waals surface area contributed by atoms with Crippen molar-refractivity contribution >= 4 is 46.8 Å². The van der Waals surface area contributed by atoms with E-state index in [0.29, 0.717) is 16.6 Å². The first-order valence-corrected chi connectivity index (χ1v) is 11.0. The minimum absolute atomic E-state index is 0. The molecule has 3 heterocycles. The predicted octanol–water partition coefficient (Wildman–Crippen LogP) is 4.34. The lowest BCUT2D eigenvalue weighted by molar-refractivity contribution is 0.768. The summed E-state index contributed by atoms with van der Waals surface area (Å²) in [6.07, 6.45) is 4.84. The summed E-state index contributed by atoms with van der Waals surface area (Å²) in [6.45, 7) is 6.26. The van der Waals surface area contributed by atoms with Gasteiger partial charge in [0.1, 0.15) is 5.01 Å². The van der Waals surface area contributed by atoms with Crippen LogP contribution < -0.4 is 16.2 Å². The molecule has 1 aliphatic heterocycles. The van der Waals surface area contributed by atoms with Gasteiger partial charge >= 0.3 is 0 Å². The van der Waals surface area contributed by atoms with Crippen LogP contribution in [0, 0.1) is 0 Å². The van der Waals surface area contributed by atoms with Crippen molar-refractivity contribution in [3.8, 4) is 11.1 Å². The van der Waals surface area contributed by atoms with Gasteiger partial charge in [0.05, 0.1) is 11.3 Å². The molecular weight excluding hydrogens is 441 g/mol. The highest BCUT2D eigenvalue weighted by Crippen LogP contribution is 2.25. The van der Waals surface area contributed by atoms with Gasteiger partial charge in [0.2, 0.25) is 4.96 Å². The Balaban J connectivity index is 0.00000160. The van der Waals surface area contributed by atoms with E-state index in [0.717, 1.165) is 67.1 Å². The van der Waals surface area contributed by atoms with E-state index < -0.39 is 0 Å². The van der Waals surface area contributed by atoms with Gasteiger partial charge in [-0.15, -0.1) is 24.8 Å². The van der Waals surface area contributed by atoms with Crippen LogP contribution in [0.2, 0.25) is 0 Å². The lowest BCUT2D eigenvalue weighted by Crippen LogP contribution is -2.22. The second-order valence-corrected chi connectivity index (χ2v) is 8.34. The highest BCUT2D eigenvalue weighted by molar-refractivity contribution is 7.16. The van der Waals surface area contributed by atoms with E-state index in [1.807, 2.05) is 19.1 Å². The number of aryl methyl sites for hydroxylation is 2. The zero-order valence-corrected chi connectivity index (χ0v) is 19.8. The molecule has 4 rings (SSSR count). The molecule has 0 saturated carbocycles. The van der Waals surface area contributed by atoms with E-state index in [1.54, 1.807) is 0 Å². The molecule has 2 aromatic heterocycles. The molecule has 3 aromatic rings. The average molecular weight is 470 g/mol. The van der Waals surface area contributed by atoms with Crippen LogP contribution in [-0.2, 0) is 12.8 Å². The van der Waals surface area contributed by atoms with E-state index >= 15 is 0 Å². The standard InChI is InChI=1S/C21H27N5OS.2ClH/c1-3-5-6-17-19(20(27)26-21(24-17)28-18(4-2)25-26)14-7-9-15(10-8-14)23-16-11-12-22-13-16;;/h7-10,16,22-23H,3-6,11-13H2,1-2H3;2*1H/t16-;;/m1../s1. The number of unbranched alkanes of at least 4 members (excludes halogenated alkanes) is 1. The Morgan fingerprint density at radius 3 is 2.63 bits per heavy atom. The smallest absolute Gasteiger partial charge is 0.283 e. The molecule has 0 spiro atoms. The van der Waals surface area contributed by atoms with E-state index in [1.165, 1.54) is 15.9 Å². The first-order valence-electron chi connectivity index (χ1n) is 10.2. The first-order chi connectivity index (χ1) is 13.7. The monoisotopic (exact) mass is 469 g/mol. The van der Waals surface area contributed by atoms with Gasteiger partial charge < -0.3 is 10.6 Å². The molecule has 0 radical (unpaired) electrons. The third-order valence-corrected chi connectivity index (χ3v) is 6.25. The van der Waals surface area contributed by atoms with Crippen LogP contribution in [0.25, 0.3) is 16.1 Å². The van der Waals surface area contributed by atoms with E-state index in [2.05, 4.69) is 34.8 Å². The molecule has 6 nitrogen and oxygen atoms in total. The van der Waals surface area contributed by atoms with Gasteiger partial charge in [0.25, 0.3) is 5.56 Å². The number of nitrogens with zero attached hydrogens (tertiary/aromatic N) is 3. The molecule has 164 valence electrons. The highest BCUT2D eigenvalue weighted by Gasteiger charge is 2.18. The average Bonchev–Trinajstić information content (AvgIpc) is 3.37. The number of benzene rings is 1. The number of fused-ring (bicyclic) bond motifs is 1. The van der Waals surface area contributed by atoms with E-state index in [4.69, 9.17) is 4.98 Å². The molecule has 1 saturated heterocycles. The van der Waals surface area contributed by atoms with Crippen molar-refractivity contribution in [3.63, 3.8) is 0 Å². The Kier molecular flexibility index (Phi) is 9.09. The van der Waals surface area contributed by atoms with E-state index in [9.17, 15) is 4.79 Å². The second-order valence-electron chi connectivity index (χ2n) is 7.30. The fourth-order valence-electron chi connectivity index (χ4n) is 3.63. The predicted molar refractivity (Wildman–Crippen MR) is 130 cm³/mol. The van der Waals surface area contributed by atoms with E-state index in [-0.39, 0.29) is 30.4 Å². The highest BCUT2D eigenvalue weighted by atomic mass is 35.5. The molecular formula is C21H29Cl2N5OS. The zero-order valence-electron chi connectivity index (χ0n) is 17.3. The van der Waals surface area contributed by atoms with Crippen LogP contribution in [0.1, 0.15) is 43.8 Å². The topological polar surface area (TPSA) is 71.3 Å². The number of hydrogen-bond donors (Lipinski definition) is 2. The van der Waals surface area contributed by atoms with Gasteiger partial charge in [-0.25, -0.2) is 4.98 Å². The van der Waals surface area contributed by atoms with Crippen molar-refractivity contribution in [2.24, 2.45) is 0 Å². The minimum atomic E-state index is -0.0623. The third-order valence-electron chi connectivity index (χ3n) is 5.20. The first kappa shape index (κ1) is 24.6. The maximum atomic E-state index is 13.2. The number of halogens is 2. The number of aromatic nitrogens is 3. The molecule has 1 atom stereocenters. The number of hydrogen-bond acceptors (Lipinski definition) is 6. The van der Waals surface area contributed by atoms with Gasteiger partial charge in [0, 0.05) is 18.3 Å². The van der Waals surface area contributed by atoms with Crippen molar-refractivity contribution in [1.82, 2.24) is 19.9 Å². The molecule has 0 aliphatic carbocycles. The lowest BCUT2D eigenvalue weighted by Gasteiger charge is -2.14. The minimum Gasteiger partial charge on any atom is -0.381 e. The van der Waals surface area contributed by atoms with Crippen LogP contribution >= 0.6 is 36.2 Å². The summed E-state index contributed by atoms with van der Waals surface area (Å²) in [5, 5.41) is 12.3. The summed E-state index contributed by atoms with van der Waals surface area (Å²) in [6, 6.07) is 8.64. The van der Waals surface area contributed by atoms with Gasteiger partial charge in [-0.2, -0.15) is 9.61 Å². The Morgan fingerprint density at radius 1 is 1.23 bits per heavy atom. The maximum Gasteiger partial charge on any atom is 0.283 e. The molecule has 30 heavy (non-hydrogen) atoms. The van der Waals surface area contributed by atoms with Crippen LogP contribution in [0.5, 0.6) is 0 Å². The molecule has 1 aromatic carbocycles. The lowest BCUT2D eigenvalue weighted by atomic mass is 10.0. The van der Waals surface area contributed by atoms with Crippen molar-refractivity contribution in [2.45, 2.75) is 52.0 Å². The van der Waals surface area contributed by atoms with Gasteiger partial charge in [-0.1, -0.05) is 43.7 Å². The van der Waals surface area contributed by atoms with Crippen LogP contribution in [0.3, 0.4) is 0 Å². The second kappa shape index (κ2) is 11.1. The Labute approximate surface area is 193 Å². The van der Waals surface area contributed by atoms with Crippen molar-refractivity contribution in [2.75, 3.05) is 18.4 Å². The zero-order chi connectivity index (χ0) is 19.5. The molecule has 9 heteroatoms. The molecule has 1 aliphatic rings. The summed E-state index contributed by atoms with van der Waals surface area (Å²) in [7, 11) is 0. The van der Waals surface area contributed by atoms with Gasteiger partial charge in [-0.3, -0.25) is 4.79 Å². The third kappa shape index (κ3) is 5.14. The fourth-order valence-corrected chi connectivity index (χ4v) is 4.47. The van der Waals surface area contributed by atoms with Crippen LogP contribution in [0.4, 0.5) is 5.69 Å². The number of rotatable bonds is 7. The van der Waals surface area contributed by atoms with Crippen molar-refractivity contribution in [1.29, 1.82) is 0 Å². The SMILES string of the molecule is CCCCc1nc2sc(CC)nn2c(=O)c1-c1ccc(N[C@@H]2CCNC2)cc1.Cl.Cl. The van der Waals surface area contributed by atoms with Crippen molar-refractivity contribution in [3.05, 3.63) is 45.3 Å². The van der Waals surface area contributed by atoms with Gasteiger partial charge in [0.15, 0.2) is 0 Å². The van der Waals surface area contributed by atoms with Crippen LogP contribution in [-0.4, -0.2) is 33.7 Å². The quantitative estimate of drug-likeness (QED) is 0.538. The largest absolute Gasteiger partial charge is 0.381 e. The Bertz CT molecular complexity index is 1010. The molecule has 0 unspecified atom stereocenters. The number of nitrogens with one attached hydrogen (secondary N) is 2. The summed E-state index contributed by atoms with van der Waals surface area (Å²) in [4.78, 5) is 18.8. The fraction of sp³-hybridized carbons (Fsp3) is 0.476. The molecule has 2 N–H and O–H groups in total. The summed E-state index contributed by atoms with van der Waals surface area (Å²) >= 11 is 1.51. The summed E-state index contributed by atoms with van der Waals surface area (Å²) in [5.41, 5.74) is 3.52. The van der Waals surface area contributed by atoms with Crippen molar-refractivity contribution < 1.29 is 0 Å². The summed E-state index contributed by atoms with van der Waals surface area (Å²) in [5.74, 6) is 0. The Hall–Kier alpha value is -1.67. The molecule has 0 amide bonds. The number of anilines is 1. The maximum absolute atomic E-state index is 13.2. The molecule has 1 fully saturated rings. The van der Waals surface area contributed by atoms with Crippen LogP contribution in [0.15, 0.2) is 29.1 Å². The molecule has 0 bridgehead atoms. The Morgan fingerprint density at radius 2 is 2.00 bits per heavy atom.